The van der Waals surface area contributed by atoms with E-state index in [2.05, 4.69) is 46.1 Å². The fraction of sp³-hybridized carbons (Fsp3) is 0.321. The van der Waals surface area contributed by atoms with Gasteiger partial charge < -0.3 is 28.7 Å². The Morgan fingerprint density at radius 1 is 0.718 bits per heavy atom. The van der Waals surface area contributed by atoms with Gasteiger partial charge in [-0.1, -0.05) is 11.6 Å². The highest BCUT2D eigenvalue weighted by atomic mass is 35.5. The van der Waals surface area contributed by atoms with Crippen molar-refractivity contribution in [3.05, 3.63) is 150 Å². The van der Waals surface area contributed by atoms with Crippen LogP contribution in [0.2, 0.25) is 5.02 Å². The molecule has 362 valence electrons. The molecular weight excluding hydrogens is 922 g/mol. The number of nitrogens with zero attached hydrogens (tertiary/aromatic N) is 10. The third-order valence-corrected chi connectivity index (χ3v) is 14.8. The third-order valence-electron chi connectivity index (χ3n) is 14.4. The van der Waals surface area contributed by atoms with Crippen molar-refractivity contribution in [1.29, 1.82) is 0 Å². The minimum atomic E-state index is -0.240. The SMILES string of the molecule is C[C@H]1CN(C2COC2)CCN1c1ccc(Nc2cc(-c3ccnc(-n4ccc5c(cc6n5CCCC6)c4=O)c3C=O)cn(C)c2=O)nc1.O=Cc1c(Cl)ccnc1-n1ccc2c(cc3n2CCCC3)c1=O. The molecule has 0 saturated carbocycles. The topological polar surface area (TPSA) is 176 Å². The van der Waals surface area contributed by atoms with Crippen molar-refractivity contribution in [3.63, 3.8) is 0 Å². The molecule has 12 rings (SSSR count). The average molecular weight is 975 g/mol. The fourth-order valence-electron chi connectivity index (χ4n) is 10.7. The molecule has 2 saturated heterocycles. The fourth-order valence-corrected chi connectivity index (χ4v) is 10.9. The lowest BCUT2D eigenvalue weighted by Crippen LogP contribution is -2.59. The summed E-state index contributed by atoms with van der Waals surface area (Å²) in [7, 11) is 1.67. The number of aldehydes is 2. The molecule has 18 heteroatoms. The van der Waals surface area contributed by atoms with E-state index in [0.717, 1.165) is 113 Å². The molecule has 2 fully saturated rings. The zero-order chi connectivity index (χ0) is 48.9. The lowest BCUT2D eigenvalue weighted by molar-refractivity contribution is -0.0691. The van der Waals surface area contributed by atoms with Crippen LogP contribution in [0.5, 0.6) is 0 Å². The number of rotatable bonds is 9. The molecular formula is C53H52ClN11O6. The van der Waals surface area contributed by atoms with Crippen molar-refractivity contribution in [3.8, 4) is 22.8 Å². The van der Waals surface area contributed by atoms with E-state index in [1.54, 1.807) is 44.0 Å². The molecule has 8 aromatic heterocycles. The van der Waals surface area contributed by atoms with Gasteiger partial charge >= 0.3 is 0 Å². The molecule has 8 aromatic rings. The van der Waals surface area contributed by atoms with Crippen molar-refractivity contribution >= 4 is 63.2 Å². The van der Waals surface area contributed by atoms with Gasteiger partial charge in [0.1, 0.15) is 11.5 Å². The Labute approximate surface area is 412 Å². The van der Waals surface area contributed by atoms with Gasteiger partial charge in [0.15, 0.2) is 24.2 Å². The third kappa shape index (κ3) is 8.36. The van der Waals surface area contributed by atoms with Crippen LogP contribution in [0.1, 0.15) is 64.7 Å². The molecule has 0 unspecified atom stereocenters. The maximum Gasteiger partial charge on any atom is 0.274 e. The molecule has 17 nitrogen and oxygen atoms in total. The summed E-state index contributed by atoms with van der Waals surface area (Å²) in [6.45, 7) is 8.58. The van der Waals surface area contributed by atoms with Gasteiger partial charge in [0.05, 0.1) is 69.1 Å². The normalized spacial score (nSPS) is 17.0. The number of hydrogen-bond acceptors (Lipinski definition) is 12. The molecule has 12 heterocycles. The first-order valence-corrected chi connectivity index (χ1v) is 24.5. The Hall–Kier alpha value is -7.47. The number of halogens is 1. The molecule has 0 bridgehead atoms. The van der Waals surface area contributed by atoms with E-state index >= 15 is 0 Å². The van der Waals surface area contributed by atoms with Crippen LogP contribution in [0.4, 0.5) is 17.2 Å². The average Bonchev–Trinajstić information content (AvgIpc) is 3.95. The molecule has 0 aliphatic carbocycles. The van der Waals surface area contributed by atoms with Crippen LogP contribution in [0.25, 0.3) is 44.6 Å². The van der Waals surface area contributed by atoms with Crippen LogP contribution < -0.4 is 26.9 Å². The van der Waals surface area contributed by atoms with Crippen molar-refractivity contribution in [2.45, 2.75) is 70.6 Å². The number of nitrogens with one attached hydrogen (secondary N) is 1. The standard InChI is InChI=1S/C36H38N8O4.C17H14ClN3O2/c1-23-18-41(27-21-48-22-27)13-14-42(23)26-6-7-33(38-17-26)39-31-15-24(19-40(2)36(31)47)28-8-10-37-34(30(28)20-45)44-12-9-32-29(35(44)46)16-25-5-3-4-11-43(25)32;18-14-4-6-19-16(13(14)10-22)21-8-5-15-12(17(21)23)9-11-3-1-2-7-20(11)15/h6-10,12,15-17,19-20,23,27H,3-5,11,13-14,18,21-22H2,1-2H3,(H,38,39);4-6,8-10H,1-3,7H2/t23-;/m0./s1. The molecule has 0 radical (unpaired) electrons. The summed E-state index contributed by atoms with van der Waals surface area (Å²) in [5.74, 6) is 1.05. The summed E-state index contributed by atoms with van der Waals surface area (Å²) in [5.41, 5.74) is 6.57. The number of aromatic nitrogens is 8. The highest BCUT2D eigenvalue weighted by molar-refractivity contribution is 6.33. The number of pyridine rings is 6. The van der Waals surface area contributed by atoms with Gasteiger partial charge in [-0.25, -0.2) is 15.0 Å². The lowest BCUT2D eigenvalue weighted by atomic mass is 10.0. The molecule has 0 spiro atoms. The first-order chi connectivity index (χ1) is 34.6. The first kappa shape index (κ1) is 45.9. The Balaban J connectivity index is 0.000000198. The van der Waals surface area contributed by atoms with Gasteiger partial charge in [-0.2, -0.15) is 0 Å². The second-order valence-electron chi connectivity index (χ2n) is 18.7. The Morgan fingerprint density at radius 2 is 1.35 bits per heavy atom. The van der Waals surface area contributed by atoms with E-state index in [4.69, 9.17) is 16.3 Å². The summed E-state index contributed by atoms with van der Waals surface area (Å²) in [6, 6.07) is 17.5. The van der Waals surface area contributed by atoms with Gasteiger partial charge in [0.25, 0.3) is 16.7 Å². The molecule has 4 aliphatic rings. The van der Waals surface area contributed by atoms with E-state index in [1.165, 1.54) is 31.7 Å². The van der Waals surface area contributed by atoms with Crippen LogP contribution in [-0.2, 0) is 37.7 Å². The van der Waals surface area contributed by atoms with Crippen molar-refractivity contribution in [2.24, 2.45) is 7.05 Å². The molecule has 0 aromatic carbocycles. The predicted molar refractivity (Wildman–Crippen MR) is 274 cm³/mol. The molecule has 0 amide bonds. The maximum absolute atomic E-state index is 13.7. The van der Waals surface area contributed by atoms with Crippen LogP contribution in [0.3, 0.4) is 0 Å². The number of aryl methyl sites for hydroxylation is 5. The lowest BCUT2D eigenvalue weighted by Gasteiger charge is -2.46. The van der Waals surface area contributed by atoms with Crippen molar-refractivity contribution in [1.82, 2.24) is 42.7 Å². The predicted octanol–water partition coefficient (Wildman–Crippen LogP) is 6.74. The number of ether oxygens (including phenoxy) is 1. The second-order valence-corrected chi connectivity index (χ2v) is 19.2. The Morgan fingerprint density at radius 3 is 1.93 bits per heavy atom. The van der Waals surface area contributed by atoms with Crippen LogP contribution in [0, 0.1) is 0 Å². The molecule has 1 atom stereocenters. The zero-order valence-electron chi connectivity index (χ0n) is 39.5. The summed E-state index contributed by atoms with van der Waals surface area (Å²) in [5, 5.41) is 4.75. The number of fused-ring (bicyclic) bond motifs is 6. The number of anilines is 3. The maximum atomic E-state index is 13.7. The smallest absolute Gasteiger partial charge is 0.274 e. The highest BCUT2D eigenvalue weighted by Crippen LogP contribution is 2.31. The van der Waals surface area contributed by atoms with E-state index < -0.39 is 0 Å². The second kappa shape index (κ2) is 19.0. The number of hydrogen-bond donors (Lipinski definition) is 1. The van der Waals surface area contributed by atoms with Gasteiger partial charge in [-0.05, 0) is 106 Å². The summed E-state index contributed by atoms with van der Waals surface area (Å²) < 4.78 is 14.1. The largest absolute Gasteiger partial charge is 0.378 e. The van der Waals surface area contributed by atoms with Gasteiger partial charge in [-0.15, -0.1) is 0 Å². The number of piperazine rings is 1. The molecule has 4 aliphatic heterocycles. The Bertz CT molecular complexity index is 3570. The van der Waals surface area contributed by atoms with E-state index in [-0.39, 0.29) is 44.5 Å². The quantitative estimate of drug-likeness (QED) is 0.151. The molecule has 1 N–H and O–H groups in total. The summed E-state index contributed by atoms with van der Waals surface area (Å²) >= 11 is 6.04. The monoisotopic (exact) mass is 973 g/mol. The number of carbonyl (C=O) groups excluding carboxylic acids is 2. The van der Waals surface area contributed by atoms with Crippen LogP contribution in [-0.4, -0.2) is 100 Å². The molecule has 71 heavy (non-hydrogen) atoms. The minimum Gasteiger partial charge on any atom is -0.378 e. The van der Waals surface area contributed by atoms with Gasteiger partial charge in [-0.3, -0.25) is 38.0 Å². The Kier molecular flexibility index (Phi) is 12.3. The van der Waals surface area contributed by atoms with E-state index in [1.807, 2.05) is 42.6 Å². The summed E-state index contributed by atoms with van der Waals surface area (Å²) in [6.07, 6.45) is 17.7. The number of carbonyl (C=O) groups is 2. The van der Waals surface area contributed by atoms with Gasteiger partial charge in [0.2, 0.25) is 0 Å². The van der Waals surface area contributed by atoms with Crippen molar-refractivity contribution < 1.29 is 14.3 Å². The van der Waals surface area contributed by atoms with Crippen molar-refractivity contribution in [2.75, 3.05) is 43.1 Å². The van der Waals surface area contributed by atoms with Crippen LogP contribution in [0.15, 0.2) is 106 Å². The summed E-state index contributed by atoms with van der Waals surface area (Å²) in [4.78, 5) is 82.0. The van der Waals surface area contributed by atoms with E-state index in [9.17, 15) is 24.0 Å². The highest BCUT2D eigenvalue weighted by Gasteiger charge is 2.32. The minimum absolute atomic E-state index is 0.178. The van der Waals surface area contributed by atoms with Crippen LogP contribution >= 0.6 is 11.6 Å². The first-order valence-electron chi connectivity index (χ1n) is 24.1. The van der Waals surface area contributed by atoms with Gasteiger partial charge in [0, 0.05) is 93.7 Å². The zero-order valence-corrected chi connectivity index (χ0v) is 40.2. The van der Waals surface area contributed by atoms with E-state index in [0.29, 0.717) is 51.8 Å².